The minimum absolute atomic E-state index is 0.750. The van der Waals surface area contributed by atoms with Crippen LogP contribution in [0, 0.1) is 0 Å². The zero-order chi connectivity index (χ0) is 25.4. The Morgan fingerprint density at radius 3 is 1.56 bits per heavy atom. The monoisotopic (exact) mass is 504 g/mol. The van der Waals surface area contributed by atoms with Gasteiger partial charge in [0.1, 0.15) is 74.3 Å². The van der Waals surface area contributed by atoms with E-state index in [1.165, 1.54) is 0 Å². The standard InChI is InChI=1S/C18H32O16/c19-1-6-9(23)12(26)13(27)16(31-6)34-18(15(29)11(25)8(3-21)33-18)5-30-17(4-22)14(28)10(24)7(2-20)32-17/h6-16,19-29H,1-5H2/t6?,7?,8?,9?,10?,11?,12?,13?,14?,15?,16?,17-,18+/m1/s1. The number of rotatable bonds is 9. The van der Waals surface area contributed by atoms with Gasteiger partial charge < -0.3 is 79.9 Å². The highest BCUT2D eigenvalue weighted by atomic mass is 16.8. The first-order chi connectivity index (χ1) is 16.0. The maximum absolute atomic E-state index is 10.7. The summed E-state index contributed by atoms with van der Waals surface area (Å²) < 4.78 is 26.9. The third kappa shape index (κ3) is 4.71. The molecular formula is C18H32O16. The van der Waals surface area contributed by atoms with Crippen LogP contribution in [-0.2, 0) is 23.7 Å². The fourth-order valence-electron chi connectivity index (χ4n) is 4.14. The van der Waals surface area contributed by atoms with Gasteiger partial charge in [-0.15, -0.1) is 0 Å². The molecule has 0 aromatic rings. The molecule has 0 aromatic carbocycles. The molecule has 34 heavy (non-hydrogen) atoms. The summed E-state index contributed by atoms with van der Waals surface area (Å²) in [5, 5.41) is 109. The Morgan fingerprint density at radius 2 is 1.09 bits per heavy atom. The molecule has 13 atom stereocenters. The first-order valence-electron chi connectivity index (χ1n) is 10.5. The second kappa shape index (κ2) is 10.8. The predicted molar refractivity (Wildman–Crippen MR) is 101 cm³/mol. The minimum atomic E-state index is -2.49. The molecule has 16 nitrogen and oxygen atoms in total. The Balaban J connectivity index is 1.87. The third-order valence-electron chi connectivity index (χ3n) is 6.27. The molecule has 0 aromatic heterocycles. The lowest BCUT2D eigenvalue weighted by Crippen LogP contribution is -2.63. The summed E-state index contributed by atoms with van der Waals surface area (Å²) in [6.45, 7) is -4.40. The number of hydrogen-bond donors (Lipinski definition) is 11. The number of hydrogen-bond acceptors (Lipinski definition) is 16. The van der Waals surface area contributed by atoms with E-state index >= 15 is 0 Å². The normalized spacial score (nSPS) is 51.8. The van der Waals surface area contributed by atoms with Crippen molar-refractivity contribution in [2.24, 2.45) is 0 Å². The van der Waals surface area contributed by atoms with E-state index in [4.69, 9.17) is 23.7 Å². The van der Waals surface area contributed by atoms with E-state index in [0.29, 0.717) is 0 Å². The van der Waals surface area contributed by atoms with Crippen molar-refractivity contribution in [3.8, 4) is 0 Å². The number of aliphatic hydroxyl groups is 11. The first kappa shape index (κ1) is 27.9. The van der Waals surface area contributed by atoms with Gasteiger partial charge in [-0.25, -0.2) is 0 Å². The van der Waals surface area contributed by atoms with E-state index in [2.05, 4.69) is 0 Å². The van der Waals surface area contributed by atoms with Gasteiger partial charge in [0, 0.05) is 0 Å². The fraction of sp³-hybridized carbons (Fsp3) is 1.00. The van der Waals surface area contributed by atoms with Crippen LogP contribution in [0.4, 0.5) is 0 Å². The Bertz CT molecular complexity index is 668. The van der Waals surface area contributed by atoms with Gasteiger partial charge in [-0.2, -0.15) is 0 Å². The smallest absolute Gasteiger partial charge is 0.224 e. The lowest BCUT2D eigenvalue weighted by Gasteiger charge is -2.44. The maximum atomic E-state index is 10.7. The quantitative estimate of drug-likeness (QED) is 0.139. The molecule has 0 spiro atoms. The van der Waals surface area contributed by atoms with Crippen LogP contribution in [-0.4, -0.2) is 168 Å². The van der Waals surface area contributed by atoms with Crippen molar-refractivity contribution in [1.82, 2.24) is 0 Å². The van der Waals surface area contributed by atoms with Gasteiger partial charge >= 0.3 is 0 Å². The third-order valence-corrected chi connectivity index (χ3v) is 6.27. The van der Waals surface area contributed by atoms with Crippen molar-refractivity contribution in [2.75, 3.05) is 33.0 Å². The van der Waals surface area contributed by atoms with Gasteiger partial charge in [-0.05, 0) is 0 Å². The van der Waals surface area contributed by atoms with E-state index in [0.717, 1.165) is 0 Å². The van der Waals surface area contributed by atoms with Crippen molar-refractivity contribution in [3.63, 3.8) is 0 Å². The maximum Gasteiger partial charge on any atom is 0.224 e. The lowest BCUT2D eigenvalue weighted by atomic mass is 9.99. The fourth-order valence-corrected chi connectivity index (χ4v) is 4.14. The molecule has 3 aliphatic heterocycles. The summed E-state index contributed by atoms with van der Waals surface area (Å²) in [4.78, 5) is 0. The van der Waals surface area contributed by atoms with E-state index in [1.54, 1.807) is 0 Å². The molecule has 0 saturated carbocycles. The van der Waals surface area contributed by atoms with Gasteiger partial charge in [-0.1, -0.05) is 0 Å². The molecule has 3 heterocycles. The highest BCUT2D eigenvalue weighted by molar-refractivity contribution is 5.01. The molecule has 3 rings (SSSR count). The van der Waals surface area contributed by atoms with Crippen molar-refractivity contribution in [2.45, 2.75) is 78.9 Å². The van der Waals surface area contributed by atoms with E-state index in [-0.39, 0.29) is 0 Å². The molecule has 0 radical (unpaired) electrons. The average Bonchev–Trinajstić information content (AvgIpc) is 3.23. The van der Waals surface area contributed by atoms with Gasteiger partial charge in [-0.3, -0.25) is 0 Å². The Labute approximate surface area is 192 Å². The molecule has 11 unspecified atom stereocenters. The molecule has 11 N–H and O–H groups in total. The Morgan fingerprint density at radius 1 is 0.588 bits per heavy atom. The zero-order valence-electron chi connectivity index (χ0n) is 17.8. The average molecular weight is 504 g/mol. The van der Waals surface area contributed by atoms with Crippen molar-refractivity contribution in [1.29, 1.82) is 0 Å². The van der Waals surface area contributed by atoms with Crippen LogP contribution in [0.25, 0.3) is 0 Å². The second-order valence-electron chi connectivity index (χ2n) is 8.43. The molecule has 0 aliphatic carbocycles. The highest BCUT2D eigenvalue weighted by Gasteiger charge is 2.62. The summed E-state index contributed by atoms with van der Waals surface area (Å²) in [5.74, 6) is -4.84. The van der Waals surface area contributed by atoms with Gasteiger partial charge in [0.05, 0.1) is 19.8 Å². The molecule has 200 valence electrons. The summed E-state index contributed by atoms with van der Waals surface area (Å²) in [7, 11) is 0. The molecular weight excluding hydrogens is 472 g/mol. The number of aliphatic hydroxyl groups excluding tert-OH is 11. The Hall–Kier alpha value is -0.640. The predicted octanol–water partition coefficient (Wildman–Crippen LogP) is -7.57. The van der Waals surface area contributed by atoms with E-state index in [1.807, 2.05) is 0 Å². The molecule has 3 aliphatic rings. The van der Waals surface area contributed by atoms with Crippen LogP contribution in [0.5, 0.6) is 0 Å². The summed E-state index contributed by atoms with van der Waals surface area (Å²) in [6.07, 6.45) is -19.0. The van der Waals surface area contributed by atoms with Crippen LogP contribution in [0.2, 0.25) is 0 Å². The zero-order valence-corrected chi connectivity index (χ0v) is 17.8. The van der Waals surface area contributed by atoms with E-state index < -0.39 is 112 Å². The second-order valence-corrected chi connectivity index (χ2v) is 8.43. The Kier molecular flexibility index (Phi) is 8.85. The summed E-state index contributed by atoms with van der Waals surface area (Å²) >= 11 is 0. The van der Waals surface area contributed by atoms with Gasteiger partial charge in [0.15, 0.2) is 6.29 Å². The molecule has 0 bridgehead atoms. The molecule has 0 amide bonds. The van der Waals surface area contributed by atoms with Crippen molar-refractivity contribution >= 4 is 0 Å². The first-order valence-corrected chi connectivity index (χ1v) is 10.5. The summed E-state index contributed by atoms with van der Waals surface area (Å²) in [6, 6.07) is 0. The molecule has 3 saturated heterocycles. The van der Waals surface area contributed by atoms with Crippen molar-refractivity contribution in [3.05, 3.63) is 0 Å². The van der Waals surface area contributed by atoms with Crippen molar-refractivity contribution < 1.29 is 79.9 Å². The van der Waals surface area contributed by atoms with E-state index in [9.17, 15) is 56.2 Å². The highest BCUT2D eigenvalue weighted by Crippen LogP contribution is 2.39. The van der Waals surface area contributed by atoms with Crippen LogP contribution < -0.4 is 0 Å². The number of ether oxygens (including phenoxy) is 5. The molecule has 16 heteroatoms. The van der Waals surface area contributed by atoms with Gasteiger partial charge in [0.25, 0.3) is 0 Å². The van der Waals surface area contributed by atoms with Gasteiger partial charge in [0.2, 0.25) is 11.6 Å². The largest absolute Gasteiger partial charge is 0.394 e. The van der Waals surface area contributed by atoms with Crippen LogP contribution >= 0.6 is 0 Å². The SMILES string of the molecule is OCC1OC(O[C@]2(CO[C@]3(CO)OC(CO)C(O)C3O)OC(CO)C(O)C2O)C(O)C(O)C1O. The topological polar surface area (TPSA) is 269 Å². The molecule has 3 fully saturated rings. The van der Waals surface area contributed by atoms with Crippen LogP contribution in [0.1, 0.15) is 0 Å². The van der Waals surface area contributed by atoms with Crippen LogP contribution in [0.3, 0.4) is 0 Å². The lowest BCUT2D eigenvalue weighted by molar-refractivity contribution is -0.399. The minimum Gasteiger partial charge on any atom is -0.394 e. The summed E-state index contributed by atoms with van der Waals surface area (Å²) in [5.41, 5.74) is 0. The van der Waals surface area contributed by atoms with Crippen LogP contribution in [0.15, 0.2) is 0 Å².